The molecule has 0 bridgehead atoms. The summed E-state index contributed by atoms with van der Waals surface area (Å²) < 4.78 is 61.9. The van der Waals surface area contributed by atoms with E-state index >= 15 is 0 Å². The number of anilines is 1. The number of hydrogen-bond acceptors (Lipinski definition) is 2. The van der Waals surface area contributed by atoms with Gasteiger partial charge in [-0.15, -0.1) is 0 Å². The molecular formula is C11H11F5N2O. The summed E-state index contributed by atoms with van der Waals surface area (Å²) in [4.78, 5) is 11.6. The third-order valence-electron chi connectivity index (χ3n) is 2.25. The maximum absolute atomic E-state index is 12.9. The highest BCUT2D eigenvalue weighted by molar-refractivity contribution is 5.99. The van der Waals surface area contributed by atoms with Crippen LogP contribution in [0.5, 0.6) is 0 Å². The minimum atomic E-state index is -4.44. The summed E-state index contributed by atoms with van der Waals surface area (Å²) in [6.07, 6.45) is -5.67. The van der Waals surface area contributed by atoms with Gasteiger partial charge in [-0.1, -0.05) is 0 Å². The lowest BCUT2D eigenvalue weighted by Crippen LogP contribution is -2.36. The zero-order chi connectivity index (χ0) is 14.8. The minimum absolute atomic E-state index is 0.351. The number of nitrogens with two attached hydrogens (primary N) is 1. The van der Waals surface area contributed by atoms with Crippen molar-refractivity contribution >= 4 is 11.6 Å². The molecule has 1 rings (SSSR count). The number of rotatable bonds is 3. The van der Waals surface area contributed by atoms with Crippen molar-refractivity contribution in [3.05, 3.63) is 29.3 Å². The van der Waals surface area contributed by atoms with Gasteiger partial charge in [0.1, 0.15) is 0 Å². The van der Waals surface area contributed by atoms with Gasteiger partial charge in [-0.05, 0) is 13.0 Å². The molecule has 0 aliphatic carbocycles. The molecule has 1 aromatic carbocycles. The molecule has 0 heterocycles. The van der Waals surface area contributed by atoms with Crippen LogP contribution >= 0.6 is 0 Å². The zero-order valence-electron chi connectivity index (χ0n) is 9.81. The molecule has 0 spiro atoms. The molecule has 3 N–H and O–H groups in total. The number of alkyl halides is 3. The number of amides is 1. The summed E-state index contributed by atoms with van der Waals surface area (Å²) in [5, 5.41) is 2.01. The summed E-state index contributed by atoms with van der Waals surface area (Å²) in [6, 6.07) is -0.0704. The largest absolute Gasteiger partial charge is 0.398 e. The van der Waals surface area contributed by atoms with E-state index in [1.165, 1.54) is 0 Å². The number of benzene rings is 1. The Morgan fingerprint density at radius 3 is 2.37 bits per heavy atom. The van der Waals surface area contributed by atoms with E-state index < -0.39 is 41.7 Å². The highest BCUT2D eigenvalue weighted by Gasteiger charge is 2.31. The molecule has 1 amide bonds. The Balaban J connectivity index is 2.82. The van der Waals surface area contributed by atoms with Gasteiger partial charge in [0.25, 0.3) is 5.91 Å². The predicted molar refractivity (Wildman–Crippen MR) is 58.4 cm³/mol. The summed E-state index contributed by atoms with van der Waals surface area (Å²) in [7, 11) is 0. The van der Waals surface area contributed by atoms with Gasteiger partial charge in [-0.3, -0.25) is 4.79 Å². The molecule has 1 aromatic rings. The molecule has 19 heavy (non-hydrogen) atoms. The average molecular weight is 282 g/mol. The van der Waals surface area contributed by atoms with Crippen LogP contribution in [0.2, 0.25) is 0 Å². The maximum Gasteiger partial charge on any atom is 0.391 e. The third-order valence-corrected chi connectivity index (χ3v) is 2.25. The first-order valence-corrected chi connectivity index (χ1v) is 5.22. The Morgan fingerprint density at radius 1 is 1.32 bits per heavy atom. The molecule has 0 aliphatic rings. The van der Waals surface area contributed by atoms with Crippen molar-refractivity contribution in [3.8, 4) is 0 Å². The van der Waals surface area contributed by atoms with E-state index in [2.05, 4.69) is 0 Å². The number of carbonyl (C=O) groups is 1. The fourth-order valence-corrected chi connectivity index (χ4v) is 1.46. The van der Waals surface area contributed by atoms with Gasteiger partial charge in [-0.25, -0.2) is 8.78 Å². The topological polar surface area (TPSA) is 55.1 Å². The Morgan fingerprint density at radius 2 is 1.84 bits per heavy atom. The van der Waals surface area contributed by atoms with E-state index in [1.807, 2.05) is 5.32 Å². The summed E-state index contributed by atoms with van der Waals surface area (Å²) in [6.45, 7) is 1.14. The number of halogens is 5. The van der Waals surface area contributed by atoms with Crippen molar-refractivity contribution in [3.63, 3.8) is 0 Å². The van der Waals surface area contributed by atoms with Crippen molar-refractivity contribution in [2.75, 3.05) is 5.73 Å². The van der Waals surface area contributed by atoms with E-state index in [4.69, 9.17) is 5.73 Å². The molecule has 0 radical (unpaired) electrons. The number of nitrogens with one attached hydrogen (secondary N) is 1. The van der Waals surface area contributed by atoms with Crippen molar-refractivity contribution in [1.29, 1.82) is 0 Å². The van der Waals surface area contributed by atoms with E-state index in [0.717, 1.165) is 6.92 Å². The Labute approximate surface area is 105 Å². The van der Waals surface area contributed by atoms with Gasteiger partial charge in [0.15, 0.2) is 11.6 Å². The second-order valence-electron chi connectivity index (χ2n) is 4.05. The predicted octanol–water partition coefficient (Wildman–Crippen LogP) is 2.62. The van der Waals surface area contributed by atoms with Gasteiger partial charge in [0, 0.05) is 17.8 Å². The Bertz CT molecular complexity index is 487. The van der Waals surface area contributed by atoms with Crippen molar-refractivity contribution < 1.29 is 26.7 Å². The fraction of sp³-hybridized carbons (Fsp3) is 0.364. The van der Waals surface area contributed by atoms with Crippen LogP contribution in [0, 0.1) is 11.6 Å². The SMILES string of the molecule is CC(CC(F)(F)F)NC(=O)c1cc(F)c(F)cc1N. The van der Waals surface area contributed by atoms with Gasteiger partial charge in [0.2, 0.25) is 0 Å². The third kappa shape index (κ3) is 4.38. The monoisotopic (exact) mass is 282 g/mol. The molecule has 0 aromatic heterocycles. The van der Waals surface area contributed by atoms with Crippen LogP contribution in [0.25, 0.3) is 0 Å². The molecular weight excluding hydrogens is 271 g/mol. The van der Waals surface area contributed by atoms with E-state index in [-0.39, 0.29) is 5.69 Å². The molecule has 1 unspecified atom stereocenters. The molecule has 0 saturated carbocycles. The summed E-state index contributed by atoms with van der Waals surface area (Å²) >= 11 is 0. The van der Waals surface area contributed by atoms with Crippen molar-refractivity contribution in [2.24, 2.45) is 0 Å². The smallest absolute Gasteiger partial charge is 0.391 e. The zero-order valence-corrected chi connectivity index (χ0v) is 9.81. The van der Waals surface area contributed by atoms with Crippen LogP contribution in [0.15, 0.2) is 12.1 Å². The average Bonchev–Trinajstić information content (AvgIpc) is 2.20. The number of carbonyl (C=O) groups excluding carboxylic acids is 1. The lowest BCUT2D eigenvalue weighted by atomic mass is 10.1. The minimum Gasteiger partial charge on any atom is -0.398 e. The number of nitrogen functional groups attached to an aromatic ring is 1. The fourth-order valence-electron chi connectivity index (χ4n) is 1.46. The van der Waals surface area contributed by atoms with E-state index in [0.29, 0.717) is 12.1 Å². The first-order valence-electron chi connectivity index (χ1n) is 5.22. The van der Waals surface area contributed by atoms with Crippen molar-refractivity contribution in [2.45, 2.75) is 25.6 Å². The molecule has 0 saturated heterocycles. The standard InChI is InChI=1S/C11H11F5N2O/c1-5(4-11(14,15)16)18-10(19)6-2-7(12)8(13)3-9(6)17/h2-3,5H,4,17H2,1H3,(H,18,19). The van der Waals surface area contributed by atoms with Gasteiger partial charge >= 0.3 is 6.18 Å². The highest BCUT2D eigenvalue weighted by atomic mass is 19.4. The number of hydrogen-bond donors (Lipinski definition) is 2. The van der Waals surface area contributed by atoms with Crippen LogP contribution in [0.4, 0.5) is 27.6 Å². The van der Waals surface area contributed by atoms with Crippen LogP contribution in [0.1, 0.15) is 23.7 Å². The van der Waals surface area contributed by atoms with Crippen molar-refractivity contribution in [1.82, 2.24) is 5.32 Å². The highest BCUT2D eigenvalue weighted by Crippen LogP contribution is 2.22. The van der Waals surface area contributed by atoms with E-state index in [9.17, 15) is 26.7 Å². The molecule has 106 valence electrons. The van der Waals surface area contributed by atoms with Gasteiger partial charge < -0.3 is 11.1 Å². The quantitative estimate of drug-likeness (QED) is 0.661. The summed E-state index contributed by atoms with van der Waals surface area (Å²) in [5.74, 6) is -3.53. The second kappa shape index (κ2) is 5.41. The molecule has 0 aliphatic heterocycles. The Hall–Kier alpha value is -1.86. The molecule has 8 heteroatoms. The van der Waals surface area contributed by atoms with Crippen LogP contribution in [-0.2, 0) is 0 Å². The Kier molecular flexibility index (Phi) is 4.33. The van der Waals surface area contributed by atoms with Crippen LogP contribution < -0.4 is 11.1 Å². The lowest BCUT2D eigenvalue weighted by Gasteiger charge is -2.16. The van der Waals surface area contributed by atoms with Crippen LogP contribution in [-0.4, -0.2) is 18.1 Å². The van der Waals surface area contributed by atoms with Crippen LogP contribution in [0.3, 0.4) is 0 Å². The summed E-state index contributed by atoms with van der Waals surface area (Å²) in [5.41, 5.74) is 4.54. The lowest BCUT2D eigenvalue weighted by molar-refractivity contribution is -0.138. The van der Waals surface area contributed by atoms with Gasteiger partial charge in [-0.2, -0.15) is 13.2 Å². The first-order chi connectivity index (χ1) is 8.60. The molecule has 0 fully saturated rings. The molecule has 1 atom stereocenters. The first kappa shape index (κ1) is 15.2. The second-order valence-corrected chi connectivity index (χ2v) is 4.05. The van der Waals surface area contributed by atoms with E-state index in [1.54, 1.807) is 0 Å². The maximum atomic E-state index is 12.9. The molecule has 3 nitrogen and oxygen atoms in total. The van der Waals surface area contributed by atoms with Gasteiger partial charge in [0.05, 0.1) is 12.0 Å². The normalized spacial score (nSPS) is 13.2.